The zero-order chi connectivity index (χ0) is 25.2. The van der Waals surface area contributed by atoms with Gasteiger partial charge in [0.1, 0.15) is 5.75 Å². The second-order valence-electron chi connectivity index (χ2n) is 10.3. The van der Waals surface area contributed by atoms with Gasteiger partial charge in [-0.1, -0.05) is 43.6 Å². The van der Waals surface area contributed by atoms with Crippen LogP contribution in [0.25, 0.3) is 0 Å². The van der Waals surface area contributed by atoms with Gasteiger partial charge in [-0.25, -0.2) is 0 Å². The van der Waals surface area contributed by atoms with E-state index in [9.17, 15) is 18.0 Å². The number of fused-ring (bicyclic) bond motifs is 1. The van der Waals surface area contributed by atoms with E-state index in [0.29, 0.717) is 29.8 Å². The number of carbonyl (C=O) groups excluding carboxylic acids is 1. The molecule has 190 valence electrons. The summed E-state index contributed by atoms with van der Waals surface area (Å²) >= 11 is 6.47. The first kappa shape index (κ1) is 25.7. The fourth-order valence-corrected chi connectivity index (χ4v) is 5.41. The van der Waals surface area contributed by atoms with Gasteiger partial charge >= 0.3 is 12.1 Å². The maximum Gasteiger partial charge on any atom is 0.471 e. The van der Waals surface area contributed by atoms with Crippen molar-refractivity contribution in [1.82, 2.24) is 4.90 Å². The number of ether oxygens (including phenoxy) is 1. The summed E-state index contributed by atoms with van der Waals surface area (Å²) in [7, 11) is 0. The SMILES string of the molecule is CC1(C)CCCC(Oc2ccc(CNc3c(Cl)ccc4c3CCN(C(=O)C(F)(F)F)CC4)cc2)C1. The van der Waals surface area contributed by atoms with Crippen molar-refractivity contribution in [3.63, 3.8) is 0 Å². The summed E-state index contributed by atoms with van der Waals surface area (Å²) in [6.45, 7) is 5.13. The van der Waals surface area contributed by atoms with E-state index in [0.717, 1.165) is 45.9 Å². The molecule has 0 bridgehead atoms. The topological polar surface area (TPSA) is 41.6 Å². The number of rotatable bonds is 5. The molecule has 1 amide bonds. The Hall–Kier alpha value is -2.41. The molecular formula is C27H32ClF3N2O2. The fraction of sp³-hybridized carbons (Fsp3) is 0.519. The van der Waals surface area contributed by atoms with Crippen LogP contribution in [-0.4, -0.2) is 36.2 Å². The van der Waals surface area contributed by atoms with Crippen LogP contribution in [0, 0.1) is 5.41 Å². The lowest BCUT2D eigenvalue weighted by atomic mass is 9.76. The number of carbonyl (C=O) groups is 1. The third-order valence-corrected chi connectivity index (χ3v) is 7.34. The van der Waals surface area contributed by atoms with E-state index in [1.165, 1.54) is 12.8 Å². The zero-order valence-electron chi connectivity index (χ0n) is 20.2. The standard InChI is InChI=1S/C27H32ClF3N2O2/c1-26(2)13-3-4-21(16-26)35-20-8-5-18(6-9-20)17-32-24-22-12-15-33(25(34)27(29,30)31)14-11-19(22)7-10-23(24)28/h5-10,21,32H,3-4,11-17H2,1-2H3. The van der Waals surface area contributed by atoms with Crippen LogP contribution in [0.2, 0.25) is 5.02 Å². The molecule has 1 unspecified atom stereocenters. The number of nitrogens with zero attached hydrogens (tertiary/aromatic N) is 1. The number of benzene rings is 2. The van der Waals surface area contributed by atoms with E-state index >= 15 is 0 Å². The quantitative estimate of drug-likeness (QED) is 0.483. The van der Waals surface area contributed by atoms with Crippen LogP contribution in [0.1, 0.15) is 56.2 Å². The fourth-order valence-electron chi connectivity index (χ4n) is 5.17. The number of anilines is 1. The number of halogens is 4. The predicted octanol–water partition coefficient (Wildman–Crippen LogP) is 6.79. The molecular weight excluding hydrogens is 477 g/mol. The average molecular weight is 509 g/mol. The predicted molar refractivity (Wildman–Crippen MR) is 132 cm³/mol. The minimum Gasteiger partial charge on any atom is -0.490 e. The lowest BCUT2D eigenvalue weighted by molar-refractivity contribution is -0.185. The summed E-state index contributed by atoms with van der Waals surface area (Å²) in [5.41, 5.74) is 3.85. The largest absolute Gasteiger partial charge is 0.490 e. The van der Waals surface area contributed by atoms with E-state index in [2.05, 4.69) is 19.2 Å². The zero-order valence-corrected chi connectivity index (χ0v) is 20.9. The molecule has 0 radical (unpaired) electrons. The molecule has 2 aliphatic rings. The van der Waals surface area contributed by atoms with E-state index in [1.807, 2.05) is 30.3 Å². The molecule has 35 heavy (non-hydrogen) atoms. The molecule has 1 N–H and O–H groups in total. The highest BCUT2D eigenvalue weighted by Crippen LogP contribution is 2.37. The second kappa shape index (κ2) is 10.3. The molecule has 2 aromatic rings. The molecule has 1 saturated carbocycles. The van der Waals surface area contributed by atoms with Crippen LogP contribution in [-0.2, 0) is 24.2 Å². The molecule has 1 aliphatic carbocycles. The first-order chi connectivity index (χ1) is 16.5. The third kappa shape index (κ3) is 6.43. The maximum absolute atomic E-state index is 12.9. The van der Waals surface area contributed by atoms with Crippen molar-refractivity contribution in [2.24, 2.45) is 5.41 Å². The Labute approximate surface area is 209 Å². The van der Waals surface area contributed by atoms with Crippen LogP contribution >= 0.6 is 11.6 Å². The molecule has 1 aliphatic heterocycles. The highest BCUT2D eigenvalue weighted by Gasteiger charge is 2.42. The van der Waals surface area contributed by atoms with Gasteiger partial charge in [0.2, 0.25) is 0 Å². The van der Waals surface area contributed by atoms with Gasteiger partial charge in [0, 0.05) is 19.6 Å². The average Bonchev–Trinajstić information content (AvgIpc) is 3.00. The van der Waals surface area contributed by atoms with Crippen molar-refractivity contribution in [2.45, 2.75) is 71.2 Å². The van der Waals surface area contributed by atoms with Crippen molar-refractivity contribution >= 4 is 23.2 Å². The smallest absolute Gasteiger partial charge is 0.471 e. The summed E-state index contributed by atoms with van der Waals surface area (Å²) in [4.78, 5) is 12.6. The van der Waals surface area contributed by atoms with E-state index in [-0.39, 0.29) is 19.2 Å². The Bertz CT molecular complexity index is 1050. The van der Waals surface area contributed by atoms with Crippen LogP contribution in [0.15, 0.2) is 36.4 Å². The Morgan fingerprint density at radius 3 is 2.54 bits per heavy atom. The summed E-state index contributed by atoms with van der Waals surface area (Å²) in [6.07, 6.45) is 0.598. The van der Waals surface area contributed by atoms with Gasteiger partial charge in [0.05, 0.1) is 16.8 Å². The summed E-state index contributed by atoms with van der Waals surface area (Å²) in [6, 6.07) is 11.6. The van der Waals surface area contributed by atoms with Gasteiger partial charge < -0.3 is 15.0 Å². The first-order valence-electron chi connectivity index (χ1n) is 12.2. The van der Waals surface area contributed by atoms with Crippen molar-refractivity contribution in [1.29, 1.82) is 0 Å². The van der Waals surface area contributed by atoms with Crippen molar-refractivity contribution in [3.8, 4) is 5.75 Å². The molecule has 1 heterocycles. The van der Waals surface area contributed by atoms with Crippen LogP contribution in [0.4, 0.5) is 18.9 Å². The van der Waals surface area contributed by atoms with Gasteiger partial charge in [-0.05, 0) is 78.8 Å². The van der Waals surface area contributed by atoms with E-state index in [4.69, 9.17) is 16.3 Å². The van der Waals surface area contributed by atoms with Crippen molar-refractivity contribution in [3.05, 3.63) is 58.1 Å². The highest BCUT2D eigenvalue weighted by atomic mass is 35.5. The lowest BCUT2D eigenvalue weighted by Crippen LogP contribution is -2.42. The number of hydrogen-bond donors (Lipinski definition) is 1. The van der Waals surface area contributed by atoms with Crippen LogP contribution in [0.5, 0.6) is 5.75 Å². The minimum absolute atomic E-state index is 0.00434. The Morgan fingerprint density at radius 2 is 1.86 bits per heavy atom. The normalized spacial score (nSPS) is 20.1. The Kier molecular flexibility index (Phi) is 7.55. The highest BCUT2D eigenvalue weighted by molar-refractivity contribution is 6.33. The molecule has 1 fully saturated rings. The van der Waals surface area contributed by atoms with Gasteiger partial charge in [0.25, 0.3) is 0 Å². The van der Waals surface area contributed by atoms with Gasteiger partial charge in [0.15, 0.2) is 0 Å². The molecule has 0 aromatic heterocycles. The number of alkyl halides is 3. The number of amides is 1. The monoisotopic (exact) mass is 508 g/mol. The van der Waals surface area contributed by atoms with E-state index < -0.39 is 12.1 Å². The molecule has 2 aromatic carbocycles. The molecule has 0 spiro atoms. The van der Waals surface area contributed by atoms with Crippen molar-refractivity contribution < 1.29 is 22.7 Å². The van der Waals surface area contributed by atoms with E-state index in [1.54, 1.807) is 6.07 Å². The van der Waals surface area contributed by atoms with Gasteiger partial charge in [-0.15, -0.1) is 0 Å². The molecule has 0 saturated heterocycles. The molecule has 8 heteroatoms. The molecule has 4 nitrogen and oxygen atoms in total. The maximum atomic E-state index is 12.9. The second-order valence-corrected chi connectivity index (χ2v) is 10.8. The number of hydrogen-bond acceptors (Lipinski definition) is 3. The minimum atomic E-state index is -4.86. The van der Waals surface area contributed by atoms with Gasteiger partial charge in [-0.2, -0.15) is 13.2 Å². The first-order valence-corrected chi connectivity index (χ1v) is 12.6. The Morgan fingerprint density at radius 1 is 1.14 bits per heavy atom. The summed E-state index contributed by atoms with van der Waals surface area (Å²) < 4.78 is 44.9. The van der Waals surface area contributed by atoms with Crippen LogP contribution < -0.4 is 10.1 Å². The third-order valence-electron chi connectivity index (χ3n) is 7.03. The summed E-state index contributed by atoms with van der Waals surface area (Å²) in [5, 5.41) is 3.89. The van der Waals surface area contributed by atoms with Crippen LogP contribution in [0.3, 0.4) is 0 Å². The Balaban J connectivity index is 1.40. The molecule has 1 atom stereocenters. The van der Waals surface area contributed by atoms with Crippen molar-refractivity contribution in [2.75, 3.05) is 18.4 Å². The lowest BCUT2D eigenvalue weighted by Gasteiger charge is -2.35. The molecule has 4 rings (SSSR count). The summed E-state index contributed by atoms with van der Waals surface area (Å²) in [5.74, 6) is -0.928. The number of nitrogens with one attached hydrogen (secondary N) is 1. The van der Waals surface area contributed by atoms with Gasteiger partial charge in [-0.3, -0.25) is 4.79 Å².